The molecule has 1 saturated heterocycles. The van der Waals surface area contributed by atoms with Crippen molar-refractivity contribution in [3.05, 3.63) is 30.3 Å². The Bertz CT molecular complexity index is 591. The summed E-state index contributed by atoms with van der Waals surface area (Å²) in [5.74, 6) is 1.59. The molecule has 1 aromatic carbocycles. The van der Waals surface area contributed by atoms with Crippen LogP contribution >= 0.6 is 0 Å². The van der Waals surface area contributed by atoms with Crippen molar-refractivity contribution in [3.8, 4) is 0 Å². The summed E-state index contributed by atoms with van der Waals surface area (Å²) >= 11 is 0. The van der Waals surface area contributed by atoms with Gasteiger partial charge in [-0.2, -0.15) is 0 Å². The van der Waals surface area contributed by atoms with Crippen LogP contribution in [0.3, 0.4) is 0 Å². The van der Waals surface area contributed by atoms with Crippen molar-refractivity contribution < 1.29 is 9.59 Å². The summed E-state index contributed by atoms with van der Waals surface area (Å²) in [6, 6.07) is 9.57. The minimum Gasteiger partial charge on any atom is -0.356 e. The average Bonchev–Trinajstić information content (AvgIpc) is 3.21. The quantitative estimate of drug-likeness (QED) is 0.746. The summed E-state index contributed by atoms with van der Waals surface area (Å²) in [6.07, 6.45) is 10.1. The smallest absolute Gasteiger partial charge is 0.321 e. The molecule has 0 spiro atoms. The Kier molecular flexibility index (Phi) is 7.55. The van der Waals surface area contributed by atoms with Crippen LogP contribution in [-0.4, -0.2) is 36.5 Å². The van der Waals surface area contributed by atoms with Crippen molar-refractivity contribution in [1.29, 1.82) is 0 Å². The number of anilines is 1. The molecule has 3 rings (SSSR count). The summed E-state index contributed by atoms with van der Waals surface area (Å²) in [6.45, 7) is 2.35. The zero-order chi connectivity index (χ0) is 18.9. The molecule has 1 saturated carbocycles. The molecule has 5 heteroatoms. The zero-order valence-electron chi connectivity index (χ0n) is 16.3. The van der Waals surface area contributed by atoms with Gasteiger partial charge in [0, 0.05) is 31.7 Å². The maximum atomic E-state index is 12.3. The van der Waals surface area contributed by atoms with E-state index in [1.807, 2.05) is 35.2 Å². The van der Waals surface area contributed by atoms with E-state index in [0.29, 0.717) is 12.3 Å². The molecule has 27 heavy (non-hydrogen) atoms. The highest BCUT2D eigenvalue weighted by atomic mass is 16.2. The number of hydrogen-bond donors (Lipinski definition) is 2. The highest BCUT2D eigenvalue weighted by Gasteiger charge is 2.23. The molecule has 1 aromatic rings. The third kappa shape index (κ3) is 6.56. The van der Waals surface area contributed by atoms with E-state index >= 15 is 0 Å². The standard InChI is InChI=1S/C22H33N3O2/c26-21(11-10-18-6-4-5-7-18)23-15-12-19-13-16-25(17-14-19)22(27)24-20-8-2-1-3-9-20/h1-3,8-9,18-19H,4-7,10-17H2,(H,23,26)(H,24,27). The second-order valence-corrected chi connectivity index (χ2v) is 8.05. The van der Waals surface area contributed by atoms with Crippen molar-refractivity contribution in [2.24, 2.45) is 11.8 Å². The third-order valence-electron chi connectivity index (χ3n) is 6.06. The number of nitrogens with one attached hydrogen (secondary N) is 2. The lowest BCUT2D eigenvalue weighted by Gasteiger charge is -2.32. The molecule has 3 amide bonds. The zero-order valence-corrected chi connectivity index (χ0v) is 16.3. The molecule has 0 radical (unpaired) electrons. The summed E-state index contributed by atoms with van der Waals surface area (Å²) in [4.78, 5) is 26.2. The second kappa shape index (κ2) is 10.3. The van der Waals surface area contributed by atoms with Crippen LogP contribution in [0.4, 0.5) is 10.5 Å². The van der Waals surface area contributed by atoms with Gasteiger partial charge in [0.25, 0.3) is 0 Å². The third-order valence-corrected chi connectivity index (χ3v) is 6.06. The first-order chi connectivity index (χ1) is 13.2. The van der Waals surface area contributed by atoms with Gasteiger partial charge in [0.1, 0.15) is 0 Å². The Balaban J connectivity index is 1.27. The number of para-hydroxylation sites is 1. The monoisotopic (exact) mass is 371 g/mol. The second-order valence-electron chi connectivity index (χ2n) is 8.05. The van der Waals surface area contributed by atoms with Crippen LogP contribution in [0.15, 0.2) is 30.3 Å². The minimum absolute atomic E-state index is 0.0140. The van der Waals surface area contributed by atoms with Gasteiger partial charge in [0.15, 0.2) is 0 Å². The van der Waals surface area contributed by atoms with Crippen LogP contribution < -0.4 is 10.6 Å². The number of likely N-dealkylation sites (tertiary alicyclic amines) is 1. The van der Waals surface area contributed by atoms with E-state index in [4.69, 9.17) is 0 Å². The van der Waals surface area contributed by atoms with E-state index < -0.39 is 0 Å². The fourth-order valence-electron chi connectivity index (χ4n) is 4.29. The topological polar surface area (TPSA) is 61.4 Å². The van der Waals surface area contributed by atoms with Crippen LogP contribution in [0.5, 0.6) is 0 Å². The normalized spacial score (nSPS) is 18.4. The number of amides is 3. The Hall–Kier alpha value is -2.04. The molecule has 0 aromatic heterocycles. The van der Waals surface area contributed by atoms with Crippen molar-refractivity contribution >= 4 is 17.6 Å². The minimum atomic E-state index is -0.0140. The van der Waals surface area contributed by atoms with E-state index in [1.165, 1.54) is 25.7 Å². The average molecular weight is 372 g/mol. The SMILES string of the molecule is O=C(CCC1CCCC1)NCCC1CCN(C(=O)Nc2ccccc2)CC1. The molecule has 2 aliphatic rings. The van der Waals surface area contributed by atoms with Crippen LogP contribution in [-0.2, 0) is 4.79 Å². The van der Waals surface area contributed by atoms with Gasteiger partial charge >= 0.3 is 6.03 Å². The van der Waals surface area contributed by atoms with Crippen LogP contribution in [0, 0.1) is 11.8 Å². The molecular formula is C22H33N3O2. The maximum Gasteiger partial charge on any atom is 0.321 e. The van der Waals surface area contributed by atoms with Crippen LogP contribution in [0.2, 0.25) is 0 Å². The van der Waals surface area contributed by atoms with E-state index in [2.05, 4.69) is 10.6 Å². The molecule has 148 valence electrons. The number of piperidine rings is 1. The van der Waals surface area contributed by atoms with Crippen LogP contribution in [0.1, 0.15) is 57.8 Å². The number of hydrogen-bond acceptors (Lipinski definition) is 2. The Morgan fingerprint density at radius 1 is 0.926 bits per heavy atom. The number of carbonyl (C=O) groups is 2. The fourth-order valence-corrected chi connectivity index (χ4v) is 4.29. The van der Waals surface area contributed by atoms with Crippen molar-refractivity contribution in [3.63, 3.8) is 0 Å². The molecule has 1 heterocycles. The van der Waals surface area contributed by atoms with Gasteiger partial charge < -0.3 is 15.5 Å². The first kappa shape index (κ1) is 19.7. The lowest BCUT2D eigenvalue weighted by Crippen LogP contribution is -2.41. The predicted molar refractivity (Wildman–Crippen MR) is 109 cm³/mol. The molecule has 0 atom stereocenters. The summed E-state index contributed by atoms with van der Waals surface area (Å²) in [7, 11) is 0. The molecule has 5 nitrogen and oxygen atoms in total. The van der Waals surface area contributed by atoms with E-state index in [1.54, 1.807) is 0 Å². The number of nitrogens with zero attached hydrogens (tertiary/aromatic N) is 1. The molecule has 2 fully saturated rings. The van der Waals surface area contributed by atoms with Gasteiger partial charge in [0.2, 0.25) is 5.91 Å². The van der Waals surface area contributed by atoms with Gasteiger partial charge in [-0.15, -0.1) is 0 Å². The Morgan fingerprint density at radius 2 is 1.59 bits per heavy atom. The first-order valence-corrected chi connectivity index (χ1v) is 10.6. The summed E-state index contributed by atoms with van der Waals surface area (Å²) in [5, 5.41) is 6.04. The Morgan fingerprint density at radius 3 is 2.30 bits per heavy atom. The van der Waals surface area contributed by atoms with Gasteiger partial charge in [-0.25, -0.2) is 4.79 Å². The van der Waals surface area contributed by atoms with Crippen molar-refractivity contribution in [2.75, 3.05) is 25.0 Å². The van der Waals surface area contributed by atoms with Gasteiger partial charge in [-0.1, -0.05) is 43.9 Å². The van der Waals surface area contributed by atoms with E-state index in [0.717, 1.165) is 56.9 Å². The largest absolute Gasteiger partial charge is 0.356 e. The molecular weight excluding hydrogens is 338 g/mol. The summed E-state index contributed by atoms with van der Waals surface area (Å²) < 4.78 is 0. The summed E-state index contributed by atoms with van der Waals surface area (Å²) in [5.41, 5.74) is 0.838. The first-order valence-electron chi connectivity index (χ1n) is 10.6. The number of rotatable bonds is 7. The number of carbonyl (C=O) groups excluding carboxylic acids is 2. The van der Waals surface area contributed by atoms with Crippen molar-refractivity contribution in [2.45, 2.75) is 57.8 Å². The van der Waals surface area contributed by atoms with Crippen LogP contribution in [0.25, 0.3) is 0 Å². The molecule has 0 bridgehead atoms. The Labute approximate surface area is 162 Å². The van der Waals surface area contributed by atoms with Gasteiger partial charge in [-0.05, 0) is 49.7 Å². The predicted octanol–water partition coefficient (Wildman–Crippen LogP) is 4.41. The van der Waals surface area contributed by atoms with Gasteiger partial charge in [0.05, 0.1) is 0 Å². The highest BCUT2D eigenvalue weighted by Crippen LogP contribution is 2.28. The number of benzene rings is 1. The lowest BCUT2D eigenvalue weighted by molar-refractivity contribution is -0.121. The molecule has 2 N–H and O–H groups in total. The fraction of sp³-hybridized carbons (Fsp3) is 0.636. The highest BCUT2D eigenvalue weighted by molar-refractivity contribution is 5.89. The lowest BCUT2D eigenvalue weighted by atomic mass is 9.93. The maximum absolute atomic E-state index is 12.3. The van der Waals surface area contributed by atoms with E-state index in [-0.39, 0.29) is 11.9 Å². The molecule has 1 aliphatic heterocycles. The van der Waals surface area contributed by atoms with Crippen molar-refractivity contribution in [1.82, 2.24) is 10.2 Å². The van der Waals surface area contributed by atoms with Gasteiger partial charge in [-0.3, -0.25) is 4.79 Å². The van der Waals surface area contributed by atoms with E-state index in [9.17, 15) is 9.59 Å². The molecule has 0 unspecified atom stereocenters. The number of urea groups is 1. The molecule has 1 aliphatic carbocycles.